The molecule has 0 aliphatic carbocycles. The third kappa shape index (κ3) is 2.86. The molecule has 0 fully saturated rings. The number of amides is 1. The summed E-state index contributed by atoms with van der Waals surface area (Å²) in [6, 6.07) is 5.49. The monoisotopic (exact) mass is 263 g/mol. The first-order valence-corrected chi connectivity index (χ1v) is 6.20. The van der Waals surface area contributed by atoms with Crippen LogP contribution in [0, 0.1) is 6.92 Å². The highest BCUT2D eigenvalue weighted by Gasteiger charge is 2.30. The van der Waals surface area contributed by atoms with Gasteiger partial charge < -0.3 is 9.47 Å². The van der Waals surface area contributed by atoms with Crippen LogP contribution in [0.2, 0.25) is 0 Å². The Bertz CT molecular complexity index is 512. The first-order chi connectivity index (χ1) is 8.99. The summed E-state index contributed by atoms with van der Waals surface area (Å²) in [5, 5.41) is 0. The van der Waals surface area contributed by atoms with E-state index < -0.39 is 0 Å². The normalized spacial score (nSPS) is 17.7. The number of hydrogen-bond donors (Lipinski definition) is 0. The lowest BCUT2D eigenvalue weighted by Gasteiger charge is -2.34. The minimum absolute atomic E-state index is 0.0964. The molecule has 1 unspecified atom stereocenters. The molecule has 1 aromatic rings. The number of rotatable bonds is 3. The number of hydrogen-bond acceptors (Lipinski definition) is 4. The van der Waals surface area contributed by atoms with E-state index in [-0.39, 0.29) is 24.7 Å². The predicted molar refractivity (Wildman–Crippen MR) is 68.9 cm³/mol. The molecule has 0 bridgehead atoms. The van der Waals surface area contributed by atoms with Crippen LogP contribution in [0.5, 0.6) is 5.75 Å². The summed E-state index contributed by atoms with van der Waals surface area (Å²) in [5.41, 5.74) is 1.60. The van der Waals surface area contributed by atoms with Crippen LogP contribution < -0.4 is 4.74 Å². The van der Waals surface area contributed by atoms with Gasteiger partial charge in [-0.05, 0) is 31.5 Å². The van der Waals surface area contributed by atoms with E-state index in [1.54, 1.807) is 17.9 Å². The second-order valence-electron chi connectivity index (χ2n) is 4.56. The SMILES string of the molecule is CC(=O)OCCN1C(=O)c2ccc(C)cc2OC1C. The average Bonchev–Trinajstić information content (AvgIpc) is 2.32. The van der Waals surface area contributed by atoms with Gasteiger partial charge in [-0.15, -0.1) is 0 Å². The number of ether oxygens (including phenoxy) is 2. The molecule has 2 rings (SSSR count). The fourth-order valence-electron chi connectivity index (χ4n) is 2.04. The molecule has 0 N–H and O–H groups in total. The van der Waals surface area contributed by atoms with Gasteiger partial charge in [0.2, 0.25) is 0 Å². The van der Waals surface area contributed by atoms with Crippen molar-refractivity contribution >= 4 is 11.9 Å². The summed E-state index contributed by atoms with van der Waals surface area (Å²) in [6.45, 7) is 5.60. The molecule has 19 heavy (non-hydrogen) atoms. The van der Waals surface area contributed by atoms with Crippen LogP contribution in [-0.4, -0.2) is 36.2 Å². The maximum absolute atomic E-state index is 12.3. The van der Waals surface area contributed by atoms with Gasteiger partial charge in [-0.1, -0.05) is 6.07 Å². The summed E-state index contributed by atoms with van der Waals surface area (Å²) in [4.78, 5) is 24.6. The molecule has 5 heteroatoms. The van der Waals surface area contributed by atoms with Crippen molar-refractivity contribution in [2.24, 2.45) is 0 Å². The summed E-state index contributed by atoms with van der Waals surface area (Å²) in [6.07, 6.45) is -0.364. The number of aryl methyl sites for hydroxylation is 1. The van der Waals surface area contributed by atoms with Crippen molar-refractivity contribution in [3.8, 4) is 5.75 Å². The predicted octanol–water partition coefficient (Wildman–Crippen LogP) is 1.74. The van der Waals surface area contributed by atoms with Gasteiger partial charge in [0.25, 0.3) is 5.91 Å². The Morgan fingerprint density at radius 1 is 1.47 bits per heavy atom. The Kier molecular flexibility index (Phi) is 3.74. The lowest BCUT2D eigenvalue weighted by atomic mass is 10.1. The van der Waals surface area contributed by atoms with Crippen LogP contribution in [0.25, 0.3) is 0 Å². The largest absolute Gasteiger partial charge is 0.470 e. The highest BCUT2D eigenvalue weighted by molar-refractivity contribution is 5.98. The maximum Gasteiger partial charge on any atom is 0.302 e. The number of carbonyl (C=O) groups is 2. The molecule has 1 aliphatic heterocycles. The molecule has 1 amide bonds. The van der Waals surface area contributed by atoms with Gasteiger partial charge in [0.15, 0.2) is 6.23 Å². The zero-order valence-electron chi connectivity index (χ0n) is 11.3. The molecule has 1 aromatic carbocycles. The summed E-state index contributed by atoms with van der Waals surface area (Å²) in [7, 11) is 0. The second kappa shape index (κ2) is 5.30. The third-order valence-corrected chi connectivity index (χ3v) is 3.00. The van der Waals surface area contributed by atoms with E-state index >= 15 is 0 Å². The number of esters is 1. The van der Waals surface area contributed by atoms with Crippen molar-refractivity contribution in [2.45, 2.75) is 27.0 Å². The van der Waals surface area contributed by atoms with E-state index in [2.05, 4.69) is 0 Å². The van der Waals surface area contributed by atoms with Crippen molar-refractivity contribution in [2.75, 3.05) is 13.2 Å². The van der Waals surface area contributed by atoms with Gasteiger partial charge >= 0.3 is 5.97 Å². The molecule has 1 aliphatic rings. The fourth-order valence-corrected chi connectivity index (χ4v) is 2.04. The lowest BCUT2D eigenvalue weighted by molar-refractivity contribution is -0.141. The topological polar surface area (TPSA) is 55.8 Å². The number of benzene rings is 1. The molecule has 1 atom stereocenters. The number of carbonyl (C=O) groups excluding carboxylic acids is 2. The van der Waals surface area contributed by atoms with Crippen LogP contribution in [0.15, 0.2) is 18.2 Å². The van der Waals surface area contributed by atoms with Gasteiger partial charge in [0.05, 0.1) is 12.1 Å². The molecule has 0 radical (unpaired) electrons. The Balaban J connectivity index is 2.13. The lowest BCUT2D eigenvalue weighted by Crippen LogP contribution is -2.47. The van der Waals surface area contributed by atoms with E-state index in [9.17, 15) is 9.59 Å². The average molecular weight is 263 g/mol. The zero-order chi connectivity index (χ0) is 14.0. The Labute approximate surface area is 112 Å². The molecule has 0 aromatic heterocycles. The fraction of sp³-hybridized carbons (Fsp3) is 0.429. The summed E-state index contributed by atoms with van der Waals surface area (Å²) < 4.78 is 10.6. The van der Waals surface area contributed by atoms with Crippen LogP contribution in [-0.2, 0) is 9.53 Å². The van der Waals surface area contributed by atoms with E-state index in [1.165, 1.54) is 6.92 Å². The van der Waals surface area contributed by atoms with E-state index in [0.29, 0.717) is 17.9 Å². The molecule has 1 heterocycles. The van der Waals surface area contributed by atoms with Gasteiger partial charge in [0.1, 0.15) is 12.4 Å². The van der Waals surface area contributed by atoms with Gasteiger partial charge in [-0.25, -0.2) is 0 Å². The van der Waals surface area contributed by atoms with Crippen molar-refractivity contribution < 1.29 is 19.1 Å². The van der Waals surface area contributed by atoms with Crippen molar-refractivity contribution in [1.29, 1.82) is 0 Å². The minimum Gasteiger partial charge on any atom is -0.470 e. The van der Waals surface area contributed by atoms with E-state index in [0.717, 1.165) is 5.56 Å². The maximum atomic E-state index is 12.3. The van der Waals surface area contributed by atoms with Crippen LogP contribution >= 0.6 is 0 Å². The van der Waals surface area contributed by atoms with Crippen molar-refractivity contribution in [3.05, 3.63) is 29.3 Å². The summed E-state index contributed by atoms with van der Waals surface area (Å²) in [5.74, 6) is 0.163. The Hall–Kier alpha value is -2.04. The quantitative estimate of drug-likeness (QED) is 0.779. The van der Waals surface area contributed by atoms with Gasteiger partial charge in [-0.3, -0.25) is 14.5 Å². The van der Waals surface area contributed by atoms with Gasteiger partial charge in [-0.2, -0.15) is 0 Å². The summed E-state index contributed by atoms with van der Waals surface area (Å²) >= 11 is 0. The number of fused-ring (bicyclic) bond motifs is 1. The van der Waals surface area contributed by atoms with Crippen LogP contribution in [0.1, 0.15) is 29.8 Å². The standard InChI is InChI=1S/C14H17NO4/c1-9-4-5-12-13(8-9)19-10(2)15(14(12)17)6-7-18-11(3)16/h4-5,8,10H,6-7H2,1-3H3. The molecular weight excluding hydrogens is 246 g/mol. The van der Waals surface area contributed by atoms with Crippen molar-refractivity contribution in [1.82, 2.24) is 4.90 Å². The first kappa shape index (κ1) is 13.4. The molecular formula is C14H17NO4. The smallest absolute Gasteiger partial charge is 0.302 e. The Morgan fingerprint density at radius 2 is 2.21 bits per heavy atom. The van der Waals surface area contributed by atoms with Crippen molar-refractivity contribution in [3.63, 3.8) is 0 Å². The molecule has 0 saturated heterocycles. The molecule has 102 valence electrons. The highest BCUT2D eigenvalue weighted by Crippen LogP contribution is 2.28. The molecule has 0 spiro atoms. The minimum atomic E-state index is -0.364. The van der Waals surface area contributed by atoms with E-state index in [4.69, 9.17) is 9.47 Å². The van der Waals surface area contributed by atoms with Crippen LogP contribution in [0.4, 0.5) is 0 Å². The second-order valence-corrected chi connectivity index (χ2v) is 4.56. The highest BCUT2D eigenvalue weighted by atomic mass is 16.5. The van der Waals surface area contributed by atoms with E-state index in [1.807, 2.05) is 19.1 Å². The zero-order valence-corrected chi connectivity index (χ0v) is 11.3. The Morgan fingerprint density at radius 3 is 2.89 bits per heavy atom. The van der Waals surface area contributed by atoms with Crippen LogP contribution in [0.3, 0.4) is 0 Å². The molecule has 0 saturated carbocycles. The number of nitrogens with zero attached hydrogens (tertiary/aromatic N) is 1. The molecule has 5 nitrogen and oxygen atoms in total. The third-order valence-electron chi connectivity index (χ3n) is 3.00. The first-order valence-electron chi connectivity index (χ1n) is 6.20. The van der Waals surface area contributed by atoms with Gasteiger partial charge in [0, 0.05) is 6.92 Å².